The van der Waals surface area contributed by atoms with Crippen LogP contribution in [0.15, 0.2) is 54.6 Å². The second-order valence-corrected chi connectivity index (χ2v) is 6.08. The van der Waals surface area contributed by atoms with Crippen molar-refractivity contribution in [1.29, 1.82) is 0 Å². The van der Waals surface area contributed by atoms with Crippen LogP contribution in [-0.4, -0.2) is 5.11 Å². The highest BCUT2D eigenvalue weighted by atomic mass is 16.3. The molecule has 3 rings (SSSR count). The smallest absolute Gasteiger partial charge is 0.0921 e. The van der Waals surface area contributed by atoms with Crippen molar-refractivity contribution in [3.8, 4) is 11.1 Å². The van der Waals surface area contributed by atoms with Gasteiger partial charge in [0.2, 0.25) is 0 Å². The SMILES string of the molecule is CC1(C(C)(O)c2ccc(-c3ccccc3)cc2)CC1. The number of benzene rings is 2. The molecular weight excluding hydrogens is 232 g/mol. The lowest BCUT2D eigenvalue weighted by Crippen LogP contribution is -2.31. The summed E-state index contributed by atoms with van der Waals surface area (Å²) in [4.78, 5) is 0. The van der Waals surface area contributed by atoms with E-state index < -0.39 is 5.60 Å². The lowest BCUT2D eigenvalue weighted by molar-refractivity contribution is -0.0126. The van der Waals surface area contributed by atoms with Gasteiger partial charge < -0.3 is 5.11 Å². The molecular formula is C18H20O. The molecule has 0 radical (unpaired) electrons. The first-order valence-corrected chi connectivity index (χ1v) is 6.91. The Bertz CT molecular complexity index is 562. The van der Waals surface area contributed by atoms with Crippen LogP contribution in [0.5, 0.6) is 0 Å². The molecule has 1 aliphatic rings. The van der Waals surface area contributed by atoms with Crippen LogP contribution < -0.4 is 0 Å². The second kappa shape index (κ2) is 4.21. The molecule has 0 heterocycles. The molecule has 1 fully saturated rings. The molecule has 2 aromatic rings. The third-order valence-corrected chi connectivity index (χ3v) is 4.73. The van der Waals surface area contributed by atoms with Crippen LogP contribution in [0.4, 0.5) is 0 Å². The van der Waals surface area contributed by atoms with E-state index in [2.05, 4.69) is 43.3 Å². The maximum absolute atomic E-state index is 10.7. The lowest BCUT2D eigenvalue weighted by Gasteiger charge is -2.31. The molecule has 0 bridgehead atoms. The van der Waals surface area contributed by atoms with Crippen molar-refractivity contribution in [3.05, 3.63) is 60.2 Å². The van der Waals surface area contributed by atoms with Crippen molar-refractivity contribution in [2.45, 2.75) is 32.3 Å². The summed E-state index contributed by atoms with van der Waals surface area (Å²) in [6.07, 6.45) is 2.22. The summed E-state index contributed by atoms with van der Waals surface area (Å²) in [7, 11) is 0. The molecule has 1 heteroatoms. The van der Waals surface area contributed by atoms with Crippen LogP contribution in [0.1, 0.15) is 32.3 Å². The Morgan fingerprint density at radius 1 is 0.895 bits per heavy atom. The van der Waals surface area contributed by atoms with E-state index in [0.29, 0.717) is 0 Å². The molecule has 1 N–H and O–H groups in total. The number of hydrogen-bond acceptors (Lipinski definition) is 1. The average molecular weight is 252 g/mol. The van der Waals surface area contributed by atoms with Crippen molar-refractivity contribution in [2.75, 3.05) is 0 Å². The minimum Gasteiger partial charge on any atom is -0.385 e. The fraction of sp³-hybridized carbons (Fsp3) is 0.333. The summed E-state index contributed by atoms with van der Waals surface area (Å²) in [5.74, 6) is 0. The predicted molar refractivity (Wildman–Crippen MR) is 78.8 cm³/mol. The molecule has 1 saturated carbocycles. The van der Waals surface area contributed by atoms with E-state index >= 15 is 0 Å². The van der Waals surface area contributed by atoms with Crippen molar-refractivity contribution in [3.63, 3.8) is 0 Å². The van der Waals surface area contributed by atoms with E-state index in [1.807, 2.05) is 25.1 Å². The minimum absolute atomic E-state index is 0.0568. The average Bonchev–Trinajstić information content (AvgIpc) is 3.20. The second-order valence-electron chi connectivity index (χ2n) is 6.08. The van der Waals surface area contributed by atoms with Crippen molar-refractivity contribution in [2.24, 2.45) is 5.41 Å². The van der Waals surface area contributed by atoms with Crippen molar-refractivity contribution < 1.29 is 5.11 Å². The van der Waals surface area contributed by atoms with Gasteiger partial charge in [0.15, 0.2) is 0 Å². The molecule has 0 spiro atoms. The Labute approximate surface area is 114 Å². The minimum atomic E-state index is -0.720. The summed E-state index contributed by atoms with van der Waals surface area (Å²) in [5, 5.41) is 10.7. The maximum atomic E-state index is 10.7. The van der Waals surface area contributed by atoms with E-state index in [-0.39, 0.29) is 5.41 Å². The summed E-state index contributed by atoms with van der Waals surface area (Å²) >= 11 is 0. The fourth-order valence-electron chi connectivity index (χ4n) is 2.64. The number of rotatable bonds is 3. The highest BCUT2D eigenvalue weighted by Crippen LogP contribution is 2.57. The normalized spacial score (nSPS) is 19.7. The molecule has 19 heavy (non-hydrogen) atoms. The van der Waals surface area contributed by atoms with Crippen LogP contribution in [0.25, 0.3) is 11.1 Å². The monoisotopic (exact) mass is 252 g/mol. The van der Waals surface area contributed by atoms with Gasteiger partial charge in [-0.25, -0.2) is 0 Å². The first-order chi connectivity index (χ1) is 9.03. The molecule has 0 aromatic heterocycles. The van der Waals surface area contributed by atoms with Crippen LogP contribution in [0.2, 0.25) is 0 Å². The molecule has 2 aromatic carbocycles. The third-order valence-electron chi connectivity index (χ3n) is 4.73. The van der Waals surface area contributed by atoms with Crippen LogP contribution in [0.3, 0.4) is 0 Å². The fourth-order valence-corrected chi connectivity index (χ4v) is 2.64. The molecule has 1 atom stereocenters. The zero-order valence-electron chi connectivity index (χ0n) is 11.6. The first-order valence-electron chi connectivity index (χ1n) is 6.91. The van der Waals surface area contributed by atoms with Gasteiger partial charge in [-0.1, -0.05) is 61.5 Å². The van der Waals surface area contributed by atoms with Gasteiger partial charge in [0.05, 0.1) is 5.60 Å². The summed E-state index contributed by atoms with van der Waals surface area (Å²) < 4.78 is 0. The maximum Gasteiger partial charge on any atom is 0.0921 e. The zero-order valence-corrected chi connectivity index (χ0v) is 11.6. The highest BCUT2D eigenvalue weighted by Gasteiger charge is 2.52. The lowest BCUT2D eigenvalue weighted by atomic mass is 9.81. The van der Waals surface area contributed by atoms with Crippen LogP contribution in [-0.2, 0) is 5.60 Å². The third kappa shape index (κ3) is 2.08. The Balaban J connectivity index is 1.92. The van der Waals surface area contributed by atoms with Gasteiger partial charge in [-0.3, -0.25) is 0 Å². The largest absolute Gasteiger partial charge is 0.385 e. The number of aliphatic hydroxyl groups is 1. The highest BCUT2D eigenvalue weighted by molar-refractivity contribution is 5.63. The molecule has 0 saturated heterocycles. The molecule has 1 unspecified atom stereocenters. The van der Waals surface area contributed by atoms with Crippen molar-refractivity contribution in [1.82, 2.24) is 0 Å². The van der Waals surface area contributed by atoms with Gasteiger partial charge >= 0.3 is 0 Å². The van der Waals surface area contributed by atoms with E-state index in [1.165, 1.54) is 11.1 Å². The van der Waals surface area contributed by atoms with E-state index in [9.17, 15) is 5.11 Å². The van der Waals surface area contributed by atoms with E-state index in [0.717, 1.165) is 18.4 Å². The Morgan fingerprint density at radius 3 is 1.95 bits per heavy atom. The Morgan fingerprint density at radius 2 is 1.42 bits per heavy atom. The molecule has 1 nitrogen and oxygen atoms in total. The summed E-state index contributed by atoms with van der Waals surface area (Å²) in [5.41, 5.74) is 2.77. The first kappa shape index (κ1) is 12.4. The van der Waals surface area contributed by atoms with Gasteiger partial charge in [-0.15, -0.1) is 0 Å². The zero-order chi connectivity index (χ0) is 13.5. The molecule has 0 aliphatic heterocycles. The Hall–Kier alpha value is -1.60. The van der Waals surface area contributed by atoms with Crippen molar-refractivity contribution >= 4 is 0 Å². The predicted octanol–water partition coefficient (Wildman–Crippen LogP) is 4.36. The van der Waals surface area contributed by atoms with Crippen LogP contribution in [0, 0.1) is 5.41 Å². The van der Waals surface area contributed by atoms with Gasteiger partial charge in [-0.05, 0) is 36.5 Å². The van der Waals surface area contributed by atoms with Gasteiger partial charge in [0, 0.05) is 5.41 Å². The quantitative estimate of drug-likeness (QED) is 0.860. The standard InChI is InChI=1S/C18H20O/c1-17(12-13-17)18(2,19)16-10-8-15(9-11-16)14-6-4-3-5-7-14/h3-11,19H,12-13H2,1-2H3. The topological polar surface area (TPSA) is 20.2 Å². The molecule has 1 aliphatic carbocycles. The van der Waals surface area contributed by atoms with E-state index in [1.54, 1.807) is 0 Å². The molecule has 98 valence electrons. The summed E-state index contributed by atoms with van der Waals surface area (Å²) in [6, 6.07) is 18.7. The van der Waals surface area contributed by atoms with Crippen LogP contribution >= 0.6 is 0 Å². The van der Waals surface area contributed by atoms with Gasteiger partial charge in [0.25, 0.3) is 0 Å². The van der Waals surface area contributed by atoms with Gasteiger partial charge in [-0.2, -0.15) is 0 Å². The van der Waals surface area contributed by atoms with E-state index in [4.69, 9.17) is 0 Å². The summed E-state index contributed by atoms with van der Waals surface area (Å²) in [6.45, 7) is 4.11. The Kier molecular flexibility index (Phi) is 2.75. The number of hydrogen-bond donors (Lipinski definition) is 1. The molecule has 0 amide bonds. The van der Waals surface area contributed by atoms with Gasteiger partial charge in [0.1, 0.15) is 0 Å².